The molecule has 62 valence electrons. The zero-order chi connectivity index (χ0) is 8.48. The van der Waals surface area contributed by atoms with Crippen LogP contribution in [0, 0.1) is 0 Å². The Bertz CT molecular complexity index is 340. The highest BCUT2D eigenvalue weighted by Gasteiger charge is 2.14. The molecule has 0 saturated carbocycles. The first kappa shape index (κ1) is 8.19. The Morgan fingerprint density at radius 1 is 1.45 bits per heavy atom. The second kappa shape index (κ2) is 2.61. The maximum atomic E-state index is 10.8. The number of hydrogen-bond acceptors (Lipinski definition) is 5. The standard InChI is InChI=1S/C5H8N2O3S/c1-3-4-6-7-5(10-4)11(2,8)9/h3H2,1-2H3. The molecule has 11 heavy (non-hydrogen) atoms. The second-order valence-corrected chi connectivity index (χ2v) is 3.98. The normalized spacial score (nSPS) is 11.8. The minimum atomic E-state index is -3.33. The summed E-state index contributed by atoms with van der Waals surface area (Å²) in [6.07, 6.45) is 1.57. The van der Waals surface area contributed by atoms with Gasteiger partial charge in [0.2, 0.25) is 15.7 Å². The number of hydrogen-bond donors (Lipinski definition) is 0. The monoisotopic (exact) mass is 176 g/mol. The van der Waals surface area contributed by atoms with E-state index in [1.807, 2.05) is 0 Å². The lowest BCUT2D eigenvalue weighted by Gasteiger charge is -1.85. The van der Waals surface area contributed by atoms with Gasteiger partial charge in [-0.2, -0.15) is 0 Å². The average molecular weight is 176 g/mol. The number of aromatic nitrogens is 2. The fourth-order valence-corrected chi connectivity index (χ4v) is 0.968. The highest BCUT2D eigenvalue weighted by molar-refractivity contribution is 7.90. The molecule has 1 heterocycles. The summed E-state index contributed by atoms with van der Waals surface area (Å²) in [4.78, 5) is 0. The van der Waals surface area contributed by atoms with Crippen LogP contribution in [-0.2, 0) is 16.3 Å². The second-order valence-electron chi connectivity index (χ2n) is 2.09. The van der Waals surface area contributed by atoms with Gasteiger partial charge in [-0.05, 0) is 0 Å². The molecule has 0 aliphatic carbocycles. The van der Waals surface area contributed by atoms with Crippen LogP contribution in [0.25, 0.3) is 0 Å². The molecule has 0 atom stereocenters. The molecule has 6 heteroatoms. The van der Waals surface area contributed by atoms with Gasteiger partial charge in [-0.1, -0.05) is 12.0 Å². The van der Waals surface area contributed by atoms with Crippen LogP contribution in [0.1, 0.15) is 12.8 Å². The maximum Gasteiger partial charge on any atom is 0.335 e. The third-order valence-corrected chi connectivity index (χ3v) is 1.87. The van der Waals surface area contributed by atoms with Gasteiger partial charge in [-0.15, -0.1) is 5.10 Å². The lowest BCUT2D eigenvalue weighted by atomic mass is 10.5. The van der Waals surface area contributed by atoms with Crippen LogP contribution in [-0.4, -0.2) is 24.9 Å². The summed E-state index contributed by atoms with van der Waals surface area (Å²) in [5.41, 5.74) is 0. The quantitative estimate of drug-likeness (QED) is 0.635. The lowest BCUT2D eigenvalue weighted by molar-refractivity contribution is 0.401. The minimum Gasteiger partial charge on any atom is -0.413 e. The van der Waals surface area contributed by atoms with E-state index in [0.29, 0.717) is 12.3 Å². The summed E-state index contributed by atoms with van der Waals surface area (Å²) in [6.45, 7) is 1.81. The van der Waals surface area contributed by atoms with E-state index >= 15 is 0 Å². The largest absolute Gasteiger partial charge is 0.413 e. The Morgan fingerprint density at radius 2 is 2.09 bits per heavy atom. The van der Waals surface area contributed by atoms with Crippen molar-refractivity contribution in [2.24, 2.45) is 0 Å². The van der Waals surface area contributed by atoms with Gasteiger partial charge in [-0.3, -0.25) is 0 Å². The van der Waals surface area contributed by atoms with E-state index in [9.17, 15) is 8.42 Å². The van der Waals surface area contributed by atoms with Crippen molar-refractivity contribution >= 4 is 9.84 Å². The van der Waals surface area contributed by atoms with Gasteiger partial charge in [0.15, 0.2) is 0 Å². The van der Waals surface area contributed by atoms with Gasteiger partial charge in [0.1, 0.15) is 0 Å². The topological polar surface area (TPSA) is 73.1 Å². The Kier molecular flexibility index (Phi) is 1.95. The summed E-state index contributed by atoms with van der Waals surface area (Å²) >= 11 is 0. The summed E-state index contributed by atoms with van der Waals surface area (Å²) in [6, 6.07) is 0. The Balaban J connectivity index is 3.09. The smallest absolute Gasteiger partial charge is 0.335 e. The molecule has 0 spiro atoms. The molecule has 0 unspecified atom stereocenters. The third kappa shape index (κ3) is 1.76. The first-order valence-electron chi connectivity index (χ1n) is 3.06. The van der Waals surface area contributed by atoms with Crippen LogP contribution < -0.4 is 0 Å². The third-order valence-electron chi connectivity index (χ3n) is 1.07. The van der Waals surface area contributed by atoms with Crippen molar-refractivity contribution < 1.29 is 12.8 Å². The molecule has 0 amide bonds. The molecular weight excluding hydrogens is 168 g/mol. The molecule has 1 rings (SSSR count). The molecule has 1 aromatic rings. The molecule has 0 fully saturated rings. The van der Waals surface area contributed by atoms with E-state index in [-0.39, 0.29) is 5.22 Å². The van der Waals surface area contributed by atoms with Crippen LogP contribution in [0.4, 0.5) is 0 Å². The van der Waals surface area contributed by atoms with Crippen molar-refractivity contribution in [3.8, 4) is 0 Å². The fraction of sp³-hybridized carbons (Fsp3) is 0.600. The SMILES string of the molecule is CCc1nnc(S(C)(=O)=O)o1. The van der Waals surface area contributed by atoms with E-state index in [4.69, 9.17) is 4.42 Å². The highest BCUT2D eigenvalue weighted by Crippen LogP contribution is 2.06. The molecule has 0 bridgehead atoms. The van der Waals surface area contributed by atoms with Crippen molar-refractivity contribution in [1.82, 2.24) is 10.2 Å². The van der Waals surface area contributed by atoms with Crippen LogP contribution in [0.2, 0.25) is 0 Å². The summed E-state index contributed by atoms with van der Waals surface area (Å²) in [5.74, 6) is 0.338. The first-order chi connectivity index (χ1) is 5.04. The predicted molar refractivity (Wildman–Crippen MR) is 36.8 cm³/mol. The van der Waals surface area contributed by atoms with Crippen LogP contribution in [0.15, 0.2) is 9.64 Å². The van der Waals surface area contributed by atoms with E-state index in [1.165, 1.54) is 0 Å². The fourth-order valence-electron chi connectivity index (χ4n) is 0.531. The molecule has 0 aliphatic heterocycles. The highest BCUT2D eigenvalue weighted by atomic mass is 32.2. The molecule has 0 N–H and O–H groups in total. The van der Waals surface area contributed by atoms with Gasteiger partial charge in [0.05, 0.1) is 0 Å². The predicted octanol–water partition coefficient (Wildman–Crippen LogP) is 0.0355. The van der Waals surface area contributed by atoms with Gasteiger partial charge in [-0.25, -0.2) is 8.42 Å². The zero-order valence-electron chi connectivity index (χ0n) is 6.23. The van der Waals surface area contributed by atoms with Gasteiger partial charge >= 0.3 is 5.22 Å². The molecular formula is C5H8N2O3S. The van der Waals surface area contributed by atoms with E-state index in [1.54, 1.807) is 6.92 Å². The summed E-state index contributed by atoms with van der Waals surface area (Å²) in [7, 11) is -3.33. The number of aryl methyl sites for hydroxylation is 1. The molecule has 0 aliphatic rings. The first-order valence-corrected chi connectivity index (χ1v) is 4.95. The van der Waals surface area contributed by atoms with E-state index in [0.717, 1.165) is 6.26 Å². The van der Waals surface area contributed by atoms with Crippen LogP contribution in [0.5, 0.6) is 0 Å². The average Bonchev–Trinajstić information content (AvgIpc) is 2.32. The van der Waals surface area contributed by atoms with Crippen LogP contribution in [0.3, 0.4) is 0 Å². The molecule has 0 aromatic carbocycles. The minimum absolute atomic E-state index is 0.311. The van der Waals surface area contributed by atoms with E-state index in [2.05, 4.69) is 10.2 Å². The summed E-state index contributed by atoms with van der Waals surface area (Å²) in [5, 5.41) is 6.55. The van der Waals surface area contributed by atoms with Gasteiger partial charge in [0, 0.05) is 12.7 Å². The Hall–Kier alpha value is -0.910. The number of nitrogens with zero attached hydrogens (tertiary/aromatic N) is 2. The van der Waals surface area contributed by atoms with Crippen molar-refractivity contribution in [1.29, 1.82) is 0 Å². The molecule has 0 radical (unpaired) electrons. The summed E-state index contributed by atoms with van der Waals surface area (Å²) < 4.78 is 26.3. The Labute approximate surface area is 64.4 Å². The van der Waals surface area contributed by atoms with Crippen molar-refractivity contribution in [3.05, 3.63) is 5.89 Å². The molecule has 5 nitrogen and oxygen atoms in total. The lowest BCUT2D eigenvalue weighted by Crippen LogP contribution is -1.96. The molecule has 1 aromatic heterocycles. The van der Waals surface area contributed by atoms with Gasteiger partial charge < -0.3 is 4.42 Å². The number of rotatable bonds is 2. The zero-order valence-corrected chi connectivity index (χ0v) is 7.05. The maximum absolute atomic E-state index is 10.8. The van der Waals surface area contributed by atoms with Crippen LogP contribution >= 0.6 is 0 Å². The van der Waals surface area contributed by atoms with Crippen molar-refractivity contribution in [3.63, 3.8) is 0 Å². The van der Waals surface area contributed by atoms with Crippen molar-refractivity contribution in [2.45, 2.75) is 18.6 Å². The Morgan fingerprint density at radius 3 is 2.36 bits per heavy atom. The van der Waals surface area contributed by atoms with Crippen molar-refractivity contribution in [2.75, 3.05) is 6.26 Å². The number of sulfone groups is 1. The molecule has 0 saturated heterocycles. The van der Waals surface area contributed by atoms with E-state index < -0.39 is 9.84 Å². The van der Waals surface area contributed by atoms with Gasteiger partial charge in [0.25, 0.3) is 0 Å².